The van der Waals surface area contributed by atoms with Crippen LogP contribution in [-0.2, 0) is 0 Å². The summed E-state index contributed by atoms with van der Waals surface area (Å²) >= 11 is 6.51. The van der Waals surface area contributed by atoms with E-state index in [9.17, 15) is 0 Å². The van der Waals surface area contributed by atoms with E-state index in [1.807, 2.05) is 0 Å². The van der Waals surface area contributed by atoms with Crippen molar-refractivity contribution < 1.29 is 0 Å². The maximum absolute atomic E-state index is 6.51. The molecule has 0 aliphatic carbocycles. The molecule has 1 saturated heterocycles. The summed E-state index contributed by atoms with van der Waals surface area (Å²) in [4.78, 5) is 2.48. The van der Waals surface area contributed by atoms with Crippen molar-refractivity contribution in [3.8, 4) is 0 Å². The molecule has 3 heteroatoms. The summed E-state index contributed by atoms with van der Waals surface area (Å²) in [6.45, 7) is 11.1. The molecule has 1 aromatic carbocycles. The first-order valence-corrected chi connectivity index (χ1v) is 8.14. The number of nitrogens with one attached hydrogen (secondary N) is 1. The summed E-state index contributed by atoms with van der Waals surface area (Å²) in [5.41, 5.74) is 2.70. The van der Waals surface area contributed by atoms with Crippen molar-refractivity contribution in [3.63, 3.8) is 0 Å². The van der Waals surface area contributed by atoms with E-state index < -0.39 is 0 Å². The maximum Gasteiger partial charge on any atom is 0.0474 e. The van der Waals surface area contributed by atoms with Gasteiger partial charge in [0.05, 0.1) is 0 Å². The van der Waals surface area contributed by atoms with Gasteiger partial charge in [-0.25, -0.2) is 0 Å². The zero-order chi connectivity index (χ0) is 14.8. The van der Waals surface area contributed by atoms with Gasteiger partial charge < -0.3 is 10.2 Å². The fourth-order valence-electron chi connectivity index (χ4n) is 3.09. The highest BCUT2D eigenvalue weighted by Gasteiger charge is 2.32. The van der Waals surface area contributed by atoms with Crippen LogP contribution in [0, 0.1) is 0 Å². The fourth-order valence-corrected chi connectivity index (χ4v) is 3.43. The van der Waals surface area contributed by atoms with Crippen molar-refractivity contribution in [2.45, 2.75) is 58.5 Å². The third-order valence-electron chi connectivity index (χ3n) is 4.36. The van der Waals surface area contributed by atoms with Crippen LogP contribution in [0.25, 0.3) is 0 Å². The van der Waals surface area contributed by atoms with Gasteiger partial charge in [-0.05, 0) is 64.3 Å². The van der Waals surface area contributed by atoms with E-state index in [1.165, 1.54) is 24.1 Å². The second-order valence-corrected chi connectivity index (χ2v) is 6.86. The number of rotatable bonds is 5. The Kier molecular flexibility index (Phi) is 4.98. The van der Waals surface area contributed by atoms with Gasteiger partial charge in [0.1, 0.15) is 0 Å². The van der Waals surface area contributed by atoms with Gasteiger partial charge in [0.25, 0.3) is 0 Å². The van der Waals surface area contributed by atoms with Gasteiger partial charge in [-0.2, -0.15) is 0 Å². The lowest BCUT2D eigenvalue weighted by atomic mass is 10.0. The second kappa shape index (κ2) is 6.36. The number of nitrogens with zero attached hydrogens (tertiary/aromatic N) is 1. The van der Waals surface area contributed by atoms with Crippen LogP contribution < -0.4 is 10.2 Å². The summed E-state index contributed by atoms with van der Waals surface area (Å²) in [6.07, 6.45) is 3.66. The molecular weight excluding hydrogens is 268 g/mol. The Labute approximate surface area is 128 Å². The minimum atomic E-state index is 0.247. The molecule has 0 spiro atoms. The predicted octanol–water partition coefficient (Wildman–Crippen LogP) is 4.78. The summed E-state index contributed by atoms with van der Waals surface area (Å²) in [6, 6.07) is 6.84. The lowest BCUT2D eigenvalue weighted by Crippen LogP contribution is -2.38. The van der Waals surface area contributed by atoms with E-state index in [0.717, 1.165) is 24.5 Å². The topological polar surface area (TPSA) is 15.3 Å². The Morgan fingerprint density at radius 1 is 1.40 bits per heavy atom. The molecule has 0 radical (unpaired) electrons. The van der Waals surface area contributed by atoms with E-state index in [0.29, 0.717) is 6.04 Å². The third kappa shape index (κ3) is 3.29. The van der Waals surface area contributed by atoms with Gasteiger partial charge in [-0.15, -0.1) is 0 Å². The van der Waals surface area contributed by atoms with E-state index in [2.05, 4.69) is 56.1 Å². The third-order valence-corrected chi connectivity index (χ3v) is 4.69. The van der Waals surface area contributed by atoms with Crippen molar-refractivity contribution in [1.29, 1.82) is 0 Å². The molecule has 1 aliphatic heterocycles. The first-order chi connectivity index (χ1) is 9.45. The highest BCUT2D eigenvalue weighted by atomic mass is 35.5. The normalized spacial score (nSPS) is 19.4. The Bertz CT molecular complexity index is 456. The molecule has 20 heavy (non-hydrogen) atoms. The van der Waals surface area contributed by atoms with Gasteiger partial charge in [0.2, 0.25) is 0 Å². The molecule has 1 aromatic rings. The van der Waals surface area contributed by atoms with Gasteiger partial charge >= 0.3 is 0 Å². The number of halogens is 1. The molecule has 0 amide bonds. The van der Waals surface area contributed by atoms with Gasteiger partial charge in [0, 0.05) is 28.8 Å². The molecule has 1 fully saturated rings. The minimum absolute atomic E-state index is 0.247. The average Bonchev–Trinajstić information content (AvgIpc) is 2.75. The number of anilines is 1. The molecular formula is C17H27ClN2. The fraction of sp³-hybridized carbons (Fsp3) is 0.647. The minimum Gasteiger partial charge on any atom is -0.366 e. The molecule has 1 atom stereocenters. The quantitative estimate of drug-likeness (QED) is 0.841. The van der Waals surface area contributed by atoms with Crippen LogP contribution in [0.15, 0.2) is 18.2 Å². The van der Waals surface area contributed by atoms with E-state index >= 15 is 0 Å². The molecule has 0 saturated carbocycles. The van der Waals surface area contributed by atoms with Crippen LogP contribution in [0.4, 0.5) is 5.69 Å². The van der Waals surface area contributed by atoms with Crippen molar-refractivity contribution in [1.82, 2.24) is 5.32 Å². The van der Waals surface area contributed by atoms with E-state index in [4.69, 9.17) is 11.6 Å². The largest absolute Gasteiger partial charge is 0.366 e. The van der Waals surface area contributed by atoms with Crippen LogP contribution in [-0.4, -0.2) is 18.6 Å². The van der Waals surface area contributed by atoms with Crippen molar-refractivity contribution in [2.24, 2.45) is 0 Å². The summed E-state index contributed by atoms with van der Waals surface area (Å²) in [5, 5.41) is 4.37. The lowest BCUT2D eigenvalue weighted by Gasteiger charge is -2.34. The van der Waals surface area contributed by atoms with Gasteiger partial charge in [-0.3, -0.25) is 0 Å². The zero-order valence-electron chi connectivity index (χ0n) is 13.2. The molecule has 2 nitrogen and oxygen atoms in total. The van der Waals surface area contributed by atoms with Crippen LogP contribution in [0.5, 0.6) is 0 Å². The van der Waals surface area contributed by atoms with Gasteiger partial charge in [-0.1, -0.05) is 24.6 Å². The van der Waals surface area contributed by atoms with Gasteiger partial charge in [0.15, 0.2) is 0 Å². The van der Waals surface area contributed by atoms with Crippen molar-refractivity contribution in [2.75, 3.05) is 18.0 Å². The molecule has 1 heterocycles. The van der Waals surface area contributed by atoms with Crippen LogP contribution in [0.1, 0.15) is 58.6 Å². The highest BCUT2D eigenvalue weighted by molar-refractivity contribution is 6.31. The molecule has 1 unspecified atom stereocenters. The van der Waals surface area contributed by atoms with Crippen molar-refractivity contribution >= 4 is 17.3 Å². The van der Waals surface area contributed by atoms with E-state index in [-0.39, 0.29) is 5.54 Å². The Morgan fingerprint density at radius 2 is 2.15 bits per heavy atom. The Morgan fingerprint density at radius 3 is 2.70 bits per heavy atom. The lowest BCUT2D eigenvalue weighted by molar-refractivity contribution is 0.518. The molecule has 0 bridgehead atoms. The Balaban J connectivity index is 2.17. The molecule has 0 aromatic heterocycles. The number of hydrogen-bond donors (Lipinski definition) is 1. The molecule has 112 valence electrons. The summed E-state index contributed by atoms with van der Waals surface area (Å²) in [5.74, 6) is 0. The Hall–Kier alpha value is -0.730. The summed E-state index contributed by atoms with van der Waals surface area (Å²) < 4.78 is 0. The smallest absolute Gasteiger partial charge is 0.0474 e. The van der Waals surface area contributed by atoms with Crippen LogP contribution in [0.3, 0.4) is 0 Å². The molecule has 2 rings (SSSR count). The molecule has 1 aliphatic rings. The molecule has 1 N–H and O–H groups in total. The number of hydrogen-bond acceptors (Lipinski definition) is 2. The summed E-state index contributed by atoms with van der Waals surface area (Å²) in [7, 11) is 0. The first-order valence-electron chi connectivity index (χ1n) is 7.76. The van der Waals surface area contributed by atoms with Crippen molar-refractivity contribution in [3.05, 3.63) is 28.8 Å². The zero-order valence-corrected chi connectivity index (χ0v) is 13.9. The highest BCUT2D eigenvalue weighted by Crippen LogP contribution is 2.36. The average molecular weight is 295 g/mol. The second-order valence-electron chi connectivity index (χ2n) is 6.45. The monoisotopic (exact) mass is 294 g/mol. The predicted molar refractivity (Wildman–Crippen MR) is 88.8 cm³/mol. The standard InChI is InChI=1S/C17H27ClN2/c1-5-10-19-13(2)15-8-7-14(12-16(15)18)20-11-6-9-17(20,3)4/h7-8,12-13,19H,5-6,9-11H2,1-4H3. The van der Waals surface area contributed by atoms with Crippen LogP contribution >= 0.6 is 11.6 Å². The number of benzene rings is 1. The SMILES string of the molecule is CCCNC(C)c1ccc(N2CCCC2(C)C)cc1Cl. The first kappa shape index (κ1) is 15.7. The maximum atomic E-state index is 6.51. The van der Waals surface area contributed by atoms with Crippen LogP contribution in [0.2, 0.25) is 5.02 Å². The van der Waals surface area contributed by atoms with E-state index in [1.54, 1.807) is 0 Å².